The number of anilines is 3. The van der Waals surface area contributed by atoms with Gasteiger partial charge in [0, 0.05) is 64.9 Å². The Morgan fingerprint density at radius 2 is 0.975 bits per heavy atom. The van der Waals surface area contributed by atoms with Crippen molar-refractivity contribution in [3.05, 3.63) is 137 Å². The summed E-state index contributed by atoms with van der Waals surface area (Å²) < 4.78 is 7.51. The molecule has 1 unspecified atom stereocenters. The first kappa shape index (κ1) is 26.0. The van der Waals surface area contributed by atoms with E-state index in [4.69, 9.17) is 4.74 Å². The molecule has 202 valence electrons. The van der Waals surface area contributed by atoms with Crippen molar-refractivity contribution in [1.29, 1.82) is 0 Å². The lowest BCUT2D eigenvalue weighted by Crippen LogP contribution is -2.38. The summed E-state index contributed by atoms with van der Waals surface area (Å²) in [5.74, 6) is 0. The summed E-state index contributed by atoms with van der Waals surface area (Å²) in [5, 5.41) is 2.50. The quantitative estimate of drug-likeness (QED) is 0.228. The molecule has 4 nitrogen and oxygen atoms in total. The molecule has 1 atom stereocenters. The SMILES string of the molecule is CN(C)c1ccc(C2OC(c3ccc(N(C)C)cc3)(c3ccc(N(C)C)cc3)c3cccc4cccc2c34)cc1. The second kappa shape index (κ2) is 10.0. The minimum Gasteiger partial charge on any atom is -0.378 e. The van der Waals surface area contributed by atoms with Gasteiger partial charge < -0.3 is 19.4 Å². The number of benzene rings is 5. The van der Waals surface area contributed by atoms with Gasteiger partial charge in [-0.1, -0.05) is 72.8 Å². The van der Waals surface area contributed by atoms with Crippen LogP contribution in [0, 0.1) is 0 Å². The number of hydrogen-bond donors (Lipinski definition) is 0. The van der Waals surface area contributed by atoms with Gasteiger partial charge in [0.2, 0.25) is 0 Å². The van der Waals surface area contributed by atoms with Gasteiger partial charge in [0.25, 0.3) is 0 Å². The summed E-state index contributed by atoms with van der Waals surface area (Å²) in [5.41, 5.74) is 8.45. The minimum absolute atomic E-state index is 0.239. The molecule has 40 heavy (non-hydrogen) atoms. The Hall–Kier alpha value is -4.28. The predicted molar refractivity (Wildman–Crippen MR) is 169 cm³/mol. The standard InChI is InChI=1S/C36H37N3O/c1-37(2)29-19-13-26(14-20-29)35-32-11-7-9-25-10-8-12-33(34(25)32)36(40-35,27-15-21-30(22-16-27)38(3)4)28-17-23-31(24-18-28)39(5)6/h7-24,35H,1-6H3. The molecule has 0 N–H and O–H groups in total. The van der Waals surface area contributed by atoms with Crippen molar-refractivity contribution in [2.45, 2.75) is 11.7 Å². The average Bonchev–Trinajstić information content (AvgIpc) is 2.98. The van der Waals surface area contributed by atoms with Crippen molar-refractivity contribution < 1.29 is 4.74 Å². The molecule has 0 radical (unpaired) electrons. The first-order valence-corrected chi connectivity index (χ1v) is 13.8. The van der Waals surface area contributed by atoms with E-state index in [-0.39, 0.29) is 6.10 Å². The summed E-state index contributed by atoms with van der Waals surface area (Å²) in [4.78, 5) is 6.40. The van der Waals surface area contributed by atoms with Crippen LogP contribution in [-0.2, 0) is 10.3 Å². The van der Waals surface area contributed by atoms with Gasteiger partial charge in [-0.2, -0.15) is 0 Å². The lowest BCUT2D eigenvalue weighted by atomic mass is 9.74. The van der Waals surface area contributed by atoms with Crippen molar-refractivity contribution in [3.63, 3.8) is 0 Å². The van der Waals surface area contributed by atoms with Gasteiger partial charge in [0.05, 0.1) is 0 Å². The van der Waals surface area contributed by atoms with E-state index in [0.29, 0.717) is 0 Å². The van der Waals surface area contributed by atoms with Crippen molar-refractivity contribution in [2.75, 3.05) is 57.0 Å². The molecule has 0 fully saturated rings. The fourth-order valence-electron chi connectivity index (χ4n) is 5.98. The molecule has 0 aromatic heterocycles. The average molecular weight is 528 g/mol. The summed E-state index contributed by atoms with van der Waals surface area (Å²) in [7, 11) is 12.4. The first-order chi connectivity index (χ1) is 19.3. The molecule has 1 heterocycles. The molecule has 0 bridgehead atoms. The molecule has 1 aliphatic rings. The van der Waals surface area contributed by atoms with E-state index in [0.717, 1.165) is 28.1 Å². The maximum atomic E-state index is 7.51. The van der Waals surface area contributed by atoms with Crippen molar-refractivity contribution in [3.8, 4) is 0 Å². The third-order valence-electron chi connectivity index (χ3n) is 8.19. The zero-order valence-corrected chi connectivity index (χ0v) is 24.2. The molecule has 1 aliphatic heterocycles. The van der Waals surface area contributed by atoms with E-state index in [1.54, 1.807) is 0 Å². The molecule has 0 aliphatic carbocycles. The molecule has 0 amide bonds. The number of nitrogens with zero attached hydrogens (tertiary/aromatic N) is 3. The zero-order chi connectivity index (χ0) is 28.0. The van der Waals surface area contributed by atoms with Crippen LogP contribution in [0.2, 0.25) is 0 Å². The van der Waals surface area contributed by atoms with Crippen LogP contribution in [-0.4, -0.2) is 42.3 Å². The van der Waals surface area contributed by atoms with Crippen LogP contribution >= 0.6 is 0 Å². The third kappa shape index (κ3) is 4.20. The molecule has 0 saturated heterocycles. The second-order valence-electron chi connectivity index (χ2n) is 11.3. The van der Waals surface area contributed by atoms with Gasteiger partial charge in [-0.25, -0.2) is 0 Å². The number of rotatable bonds is 6. The van der Waals surface area contributed by atoms with Crippen molar-refractivity contribution in [1.82, 2.24) is 0 Å². The highest BCUT2D eigenvalue weighted by atomic mass is 16.5. The van der Waals surface area contributed by atoms with E-state index in [1.807, 2.05) is 0 Å². The van der Waals surface area contributed by atoms with E-state index >= 15 is 0 Å². The second-order valence-corrected chi connectivity index (χ2v) is 11.3. The molecule has 4 heteroatoms. The van der Waals surface area contributed by atoms with Crippen molar-refractivity contribution >= 4 is 27.8 Å². The summed E-state index contributed by atoms with van der Waals surface area (Å²) >= 11 is 0. The fourth-order valence-corrected chi connectivity index (χ4v) is 5.98. The molecule has 6 rings (SSSR count). The summed E-state index contributed by atoms with van der Waals surface area (Å²) in [6.07, 6.45) is -0.239. The topological polar surface area (TPSA) is 19.0 Å². The predicted octanol–water partition coefficient (Wildman–Crippen LogP) is 7.45. The molecule has 5 aromatic rings. The Bertz CT molecular complexity index is 1580. The van der Waals surface area contributed by atoms with E-state index in [9.17, 15) is 0 Å². The van der Waals surface area contributed by atoms with Gasteiger partial charge in [-0.15, -0.1) is 0 Å². The van der Waals surface area contributed by atoms with Crippen LogP contribution in [0.25, 0.3) is 10.8 Å². The normalized spacial score (nSPS) is 15.6. The van der Waals surface area contributed by atoms with E-state index in [2.05, 4.69) is 166 Å². The molecule has 0 saturated carbocycles. The van der Waals surface area contributed by atoms with Crippen molar-refractivity contribution in [2.24, 2.45) is 0 Å². The Morgan fingerprint density at radius 1 is 0.525 bits per heavy atom. The van der Waals surface area contributed by atoms with Crippen LogP contribution in [0.1, 0.15) is 33.9 Å². The molecular weight excluding hydrogens is 490 g/mol. The van der Waals surface area contributed by atoms with Gasteiger partial charge in [-0.3, -0.25) is 0 Å². The zero-order valence-electron chi connectivity index (χ0n) is 24.2. The first-order valence-electron chi connectivity index (χ1n) is 13.8. The van der Waals surface area contributed by atoms with Crippen LogP contribution in [0.4, 0.5) is 17.1 Å². The molecule has 5 aromatic carbocycles. The van der Waals surface area contributed by atoms with Gasteiger partial charge in [-0.05, 0) is 69.4 Å². The van der Waals surface area contributed by atoms with Crippen LogP contribution in [0.15, 0.2) is 109 Å². The maximum absolute atomic E-state index is 7.51. The molecule has 0 spiro atoms. The third-order valence-corrected chi connectivity index (χ3v) is 8.19. The van der Waals surface area contributed by atoms with Crippen LogP contribution in [0.3, 0.4) is 0 Å². The Labute approximate surface area is 238 Å². The van der Waals surface area contributed by atoms with Gasteiger partial charge in [0.15, 0.2) is 0 Å². The monoisotopic (exact) mass is 527 g/mol. The maximum Gasteiger partial charge on any atom is 0.145 e. The Balaban J connectivity index is 1.65. The fraction of sp³-hybridized carbons (Fsp3) is 0.222. The van der Waals surface area contributed by atoms with Gasteiger partial charge in [0.1, 0.15) is 11.7 Å². The highest BCUT2D eigenvalue weighted by molar-refractivity contribution is 5.92. The van der Waals surface area contributed by atoms with E-state index < -0.39 is 5.60 Å². The van der Waals surface area contributed by atoms with E-state index in [1.165, 1.54) is 27.6 Å². The largest absolute Gasteiger partial charge is 0.378 e. The Morgan fingerprint density at radius 3 is 1.45 bits per heavy atom. The summed E-state index contributed by atoms with van der Waals surface area (Å²) in [6.45, 7) is 0. The lowest BCUT2D eigenvalue weighted by Gasteiger charge is -2.44. The highest BCUT2D eigenvalue weighted by Crippen LogP contribution is 2.53. The smallest absolute Gasteiger partial charge is 0.145 e. The van der Waals surface area contributed by atoms with Crippen LogP contribution < -0.4 is 14.7 Å². The number of hydrogen-bond acceptors (Lipinski definition) is 4. The summed E-state index contributed by atoms with van der Waals surface area (Å²) in [6, 6.07) is 39.7. The Kier molecular flexibility index (Phi) is 6.52. The highest BCUT2D eigenvalue weighted by Gasteiger charge is 2.45. The van der Waals surface area contributed by atoms with Crippen LogP contribution in [0.5, 0.6) is 0 Å². The molecular formula is C36H37N3O. The van der Waals surface area contributed by atoms with Gasteiger partial charge >= 0.3 is 0 Å². The lowest BCUT2D eigenvalue weighted by molar-refractivity contribution is -0.0334. The number of ether oxygens (including phenoxy) is 1. The minimum atomic E-state index is -0.797.